The van der Waals surface area contributed by atoms with Gasteiger partial charge in [-0.15, -0.1) is 0 Å². The van der Waals surface area contributed by atoms with Gasteiger partial charge in [0.1, 0.15) is 18.3 Å². The zero-order valence-corrected chi connectivity index (χ0v) is 18.2. The van der Waals surface area contributed by atoms with E-state index in [-0.39, 0.29) is 23.8 Å². The third-order valence-electron chi connectivity index (χ3n) is 6.73. The molecule has 0 aromatic heterocycles. The molecule has 8 nitrogen and oxygen atoms in total. The predicted octanol–water partition coefficient (Wildman–Crippen LogP) is 1.01. The molecule has 0 unspecified atom stereocenters. The molecule has 5 atom stereocenters. The Hall–Kier alpha value is -2.45. The molecule has 2 fully saturated rings. The van der Waals surface area contributed by atoms with Crippen molar-refractivity contribution in [2.45, 2.75) is 75.8 Å². The summed E-state index contributed by atoms with van der Waals surface area (Å²) in [5.41, 5.74) is 2.44. The molecule has 8 heteroatoms. The van der Waals surface area contributed by atoms with E-state index in [2.05, 4.69) is 28.1 Å². The van der Waals surface area contributed by atoms with Gasteiger partial charge < -0.3 is 25.6 Å². The fourth-order valence-electron chi connectivity index (χ4n) is 4.85. The largest absolute Gasteiger partial charge is 0.358 e. The maximum atomic E-state index is 13.3. The van der Waals surface area contributed by atoms with Crippen molar-refractivity contribution in [3.63, 3.8) is 0 Å². The van der Waals surface area contributed by atoms with Crippen molar-refractivity contribution in [2.75, 3.05) is 13.7 Å². The molecule has 2 saturated heterocycles. The summed E-state index contributed by atoms with van der Waals surface area (Å²) in [5.74, 6) is -0.615. The third kappa shape index (κ3) is 4.45. The summed E-state index contributed by atoms with van der Waals surface area (Å²) < 4.78 is 5.88. The van der Waals surface area contributed by atoms with Crippen molar-refractivity contribution in [2.24, 2.45) is 0 Å². The molecule has 1 aliphatic carbocycles. The highest BCUT2D eigenvalue weighted by Gasteiger charge is 2.46. The van der Waals surface area contributed by atoms with Gasteiger partial charge in [-0.2, -0.15) is 0 Å². The summed E-state index contributed by atoms with van der Waals surface area (Å²) in [6.07, 6.45) is 4.12. The normalized spacial score (nSPS) is 28.8. The first-order chi connectivity index (χ1) is 15.0. The van der Waals surface area contributed by atoms with Crippen LogP contribution < -0.4 is 16.0 Å². The van der Waals surface area contributed by atoms with Crippen molar-refractivity contribution < 1.29 is 19.1 Å². The molecule has 3 aliphatic rings. The number of nitrogens with one attached hydrogen (secondary N) is 3. The van der Waals surface area contributed by atoms with E-state index in [0.29, 0.717) is 25.9 Å². The van der Waals surface area contributed by atoms with Gasteiger partial charge in [0.15, 0.2) is 0 Å². The zero-order valence-electron chi connectivity index (χ0n) is 18.2. The Morgan fingerprint density at radius 1 is 1.10 bits per heavy atom. The highest BCUT2D eigenvalue weighted by molar-refractivity contribution is 5.93. The van der Waals surface area contributed by atoms with E-state index < -0.39 is 24.4 Å². The van der Waals surface area contributed by atoms with Crippen LogP contribution in [-0.4, -0.2) is 60.6 Å². The molecule has 0 spiro atoms. The first kappa shape index (κ1) is 21.8. The number of amides is 3. The monoisotopic (exact) mass is 428 g/mol. The Labute approximate surface area is 183 Å². The smallest absolute Gasteiger partial charge is 0.247 e. The molecule has 168 valence electrons. The summed E-state index contributed by atoms with van der Waals surface area (Å²) in [4.78, 5) is 40.5. The lowest BCUT2D eigenvalue weighted by Gasteiger charge is -2.32. The average Bonchev–Trinajstić information content (AvgIpc) is 3.15. The Kier molecular flexibility index (Phi) is 6.57. The van der Waals surface area contributed by atoms with Crippen LogP contribution in [0.4, 0.5) is 0 Å². The minimum Gasteiger partial charge on any atom is -0.358 e. The van der Waals surface area contributed by atoms with E-state index in [1.54, 1.807) is 18.9 Å². The zero-order chi connectivity index (χ0) is 22.0. The average molecular weight is 429 g/mol. The quantitative estimate of drug-likeness (QED) is 0.650. The molecule has 2 aliphatic heterocycles. The number of ether oxygens (including phenoxy) is 1. The van der Waals surface area contributed by atoms with E-state index in [1.807, 2.05) is 12.1 Å². The lowest BCUT2D eigenvalue weighted by molar-refractivity contribution is -0.149. The standard InChI is InChI=1S/C23H32N4O4/c1-14(24-2)21(28)26-18-12-13-31-20-11-10-19(27(20)23(18)30)22(29)25-17-9-5-7-15-6-3-4-8-16(15)17/h3-4,6,8,14,17-20,24H,5,7,9-13H2,1-2H3,(H,25,29)(H,26,28)/t14-,17+,18-,19-,20-/m0/s1. The highest BCUT2D eigenvalue weighted by atomic mass is 16.5. The van der Waals surface area contributed by atoms with E-state index in [4.69, 9.17) is 4.74 Å². The van der Waals surface area contributed by atoms with Gasteiger partial charge >= 0.3 is 0 Å². The minimum atomic E-state index is -0.683. The summed E-state index contributed by atoms with van der Waals surface area (Å²) in [5, 5.41) is 8.89. The number of fused-ring (bicyclic) bond motifs is 2. The van der Waals surface area contributed by atoms with E-state index in [1.165, 1.54) is 11.1 Å². The number of nitrogens with zero attached hydrogens (tertiary/aromatic N) is 1. The van der Waals surface area contributed by atoms with Crippen LogP contribution >= 0.6 is 0 Å². The van der Waals surface area contributed by atoms with Gasteiger partial charge in [0.2, 0.25) is 17.7 Å². The minimum absolute atomic E-state index is 0.0357. The van der Waals surface area contributed by atoms with Crippen molar-refractivity contribution in [3.8, 4) is 0 Å². The summed E-state index contributed by atoms with van der Waals surface area (Å²) >= 11 is 0. The molecule has 0 radical (unpaired) electrons. The Balaban J connectivity index is 1.47. The fourth-order valence-corrected chi connectivity index (χ4v) is 4.85. The number of hydrogen-bond donors (Lipinski definition) is 3. The first-order valence-corrected chi connectivity index (χ1v) is 11.3. The van der Waals surface area contributed by atoms with Gasteiger partial charge in [-0.1, -0.05) is 24.3 Å². The number of hydrogen-bond acceptors (Lipinski definition) is 5. The van der Waals surface area contributed by atoms with Crippen LogP contribution in [0.25, 0.3) is 0 Å². The van der Waals surface area contributed by atoms with Gasteiger partial charge in [0.05, 0.1) is 18.7 Å². The number of likely N-dealkylation sites (N-methyl/N-ethyl adjacent to an activating group) is 1. The SMILES string of the molecule is CN[C@@H](C)C(=O)N[C@H]1CCO[C@H]2CC[C@@H](C(=O)N[C@@H]3CCCc4ccccc43)N2C1=O. The lowest BCUT2D eigenvalue weighted by atomic mass is 9.87. The number of carbonyl (C=O) groups is 3. The lowest BCUT2D eigenvalue weighted by Crippen LogP contribution is -2.56. The molecule has 3 N–H and O–H groups in total. The van der Waals surface area contributed by atoms with Crippen molar-refractivity contribution in [1.29, 1.82) is 0 Å². The van der Waals surface area contributed by atoms with Gasteiger partial charge in [0.25, 0.3) is 0 Å². The number of aryl methyl sites for hydroxylation is 1. The number of benzene rings is 1. The third-order valence-corrected chi connectivity index (χ3v) is 6.73. The summed E-state index contributed by atoms with van der Waals surface area (Å²) in [6, 6.07) is 6.52. The van der Waals surface area contributed by atoms with E-state index in [0.717, 1.165) is 19.3 Å². The molecule has 0 saturated carbocycles. The number of carbonyl (C=O) groups excluding carboxylic acids is 3. The van der Waals surface area contributed by atoms with E-state index in [9.17, 15) is 14.4 Å². The molecular formula is C23H32N4O4. The second kappa shape index (κ2) is 9.36. The van der Waals surface area contributed by atoms with Crippen LogP contribution in [-0.2, 0) is 25.5 Å². The molecule has 3 amide bonds. The molecule has 4 rings (SSSR count). The molecule has 1 aromatic carbocycles. The second-order valence-corrected chi connectivity index (χ2v) is 8.68. The van der Waals surface area contributed by atoms with Gasteiger partial charge in [0, 0.05) is 6.42 Å². The topological polar surface area (TPSA) is 99.8 Å². The van der Waals surface area contributed by atoms with Crippen LogP contribution in [0, 0.1) is 0 Å². The van der Waals surface area contributed by atoms with Crippen LogP contribution in [0.5, 0.6) is 0 Å². The maximum absolute atomic E-state index is 13.3. The summed E-state index contributed by atoms with van der Waals surface area (Å²) in [7, 11) is 1.70. The van der Waals surface area contributed by atoms with Crippen LogP contribution in [0.2, 0.25) is 0 Å². The second-order valence-electron chi connectivity index (χ2n) is 8.68. The van der Waals surface area contributed by atoms with Crippen molar-refractivity contribution in [1.82, 2.24) is 20.9 Å². The van der Waals surface area contributed by atoms with Crippen LogP contribution in [0.15, 0.2) is 24.3 Å². The fraction of sp³-hybridized carbons (Fsp3) is 0.609. The maximum Gasteiger partial charge on any atom is 0.247 e. The predicted molar refractivity (Wildman–Crippen MR) is 115 cm³/mol. The van der Waals surface area contributed by atoms with Crippen molar-refractivity contribution >= 4 is 17.7 Å². The summed E-state index contributed by atoms with van der Waals surface area (Å²) in [6.45, 7) is 2.11. The molecular weight excluding hydrogens is 396 g/mol. The molecule has 1 aromatic rings. The van der Waals surface area contributed by atoms with Gasteiger partial charge in [-0.3, -0.25) is 14.4 Å². The number of rotatable bonds is 5. The Bertz CT molecular complexity index is 845. The first-order valence-electron chi connectivity index (χ1n) is 11.3. The Morgan fingerprint density at radius 3 is 2.71 bits per heavy atom. The van der Waals surface area contributed by atoms with Crippen molar-refractivity contribution in [3.05, 3.63) is 35.4 Å². The highest BCUT2D eigenvalue weighted by Crippen LogP contribution is 2.32. The van der Waals surface area contributed by atoms with E-state index >= 15 is 0 Å². The molecule has 0 bridgehead atoms. The van der Waals surface area contributed by atoms with Crippen LogP contribution in [0.3, 0.4) is 0 Å². The van der Waals surface area contributed by atoms with Gasteiger partial charge in [-0.25, -0.2) is 0 Å². The Morgan fingerprint density at radius 2 is 1.90 bits per heavy atom. The van der Waals surface area contributed by atoms with Gasteiger partial charge in [-0.05, 0) is 57.2 Å². The molecule has 2 heterocycles. The van der Waals surface area contributed by atoms with Crippen LogP contribution in [0.1, 0.15) is 56.2 Å². The molecule has 31 heavy (non-hydrogen) atoms.